The molecule has 0 spiro atoms. The van der Waals surface area contributed by atoms with Crippen LogP contribution in [0.4, 0.5) is 5.69 Å². The minimum absolute atomic E-state index is 0.00175. The van der Waals surface area contributed by atoms with Gasteiger partial charge in [-0.2, -0.15) is 4.31 Å². The van der Waals surface area contributed by atoms with Crippen LogP contribution in [-0.4, -0.2) is 64.5 Å². The lowest BCUT2D eigenvalue weighted by Crippen LogP contribution is -2.38. The van der Waals surface area contributed by atoms with E-state index in [9.17, 15) is 18.0 Å². The SMILES string of the molecule is CN(C1CCCCC1)S(=O)(=O)c1ccccc1NC(=O)COC(=O)c1cccc(-n2cnnn2)c1. The molecular weight excluding hydrogens is 472 g/mol. The van der Waals surface area contributed by atoms with Crippen LogP contribution in [0.25, 0.3) is 5.69 Å². The highest BCUT2D eigenvalue weighted by molar-refractivity contribution is 7.89. The second-order valence-corrected chi connectivity index (χ2v) is 10.2. The number of carbonyl (C=O) groups is 2. The molecule has 0 radical (unpaired) electrons. The van der Waals surface area contributed by atoms with E-state index in [0.717, 1.165) is 32.1 Å². The number of tetrazole rings is 1. The van der Waals surface area contributed by atoms with Gasteiger partial charge in [0, 0.05) is 13.1 Å². The standard InChI is InChI=1S/C23H26N6O5S/c1-28(18-9-3-2-4-10-18)35(32,33)21-13-6-5-12-20(21)25-22(30)15-34-23(31)17-8-7-11-19(14-17)29-16-24-26-27-29/h5-8,11-14,16,18H,2-4,9-10,15H2,1H3,(H,25,30). The average Bonchev–Trinajstić information content (AvgIpc) is 3.43. The van der Waals surface area contributed by atoms with Crippen molar-refractivity contribution in [2.45, 2.75) is 43.0 Å². The fourth-order valence-corrected chi connectivity index (χ4v) is 5.61. The van der Waals surface area contributed by atoms with Gasteiger partial charge in [0.15, 0.2) is 6.61 Å². The van der Waals surface area contributed by atoms with E-state index in [1.54, 1.807) is 31.3 Å². The lowest BCUT2D eigenvalue weighted by molar-refractivity contribution is -0.119. The quantitative estimate of drug-likeness (QED) is 0.468. The average molecular weight is 499 g/mol. The second kappa shape index (κ2) is 10.7. The van der Waals surface area contributed by atoms with E-state index in [1.165, 1.54) is 39.6 Å². The number of hydrogen-bond acceptors (Lipinski definition) is 8. The van der Waals surface area contributed by atoms with Crippen molar-refractivity contribution in [3.8, 4) is 5.69 Å². The van der Waals surface area contributed by atoms with Crippen molar-refractivity contribution in [1.29, 1.82) is 0 Å². The third kappa shape index (κ3) is 5.72. The van der Waals surface area contributed by atoms with E-state index in [4.69, 9.17) is 4.74 Å². The first-order valence-electron chi connectivity index (χ1n) is 11.2. The largest absolute Gasteiger partial charge is 0.452 e. The summed E-state index contributed by atoms with van der Waals surface area (Å²) >= 11 is 0. The normalized spacial score (nSPS) is 14.6. The summed E-state index contributed by atoms with van der Waals surface area (Å²) in [4.78, 5) is 25.0. The van der Waals surface area contributed by atoms with Crippen LogP contribution < -0.4 is 5.32 Å². The van der Waals surface area contributed by atoms with E-state index in [2.05, 4.69) is 20.8 Å². The molecule has 3 aromatic rings. The molecule has 0 atom stereocenters. The molecule has 1 heterocycles. The zero-order valence-electron chi connectivity index (χ0n) is 19.2. The van der Waals surface area contributed by atoms with Crippen LogP contribution in [0.2, 0.25) is 0 Å². The van der Waals surface area contributed by atoms with Crippen LogP contribution in [-0.2, 0) is 19.6 Å². The van der Waals surface area contributed by atoms with Crippen LogP contribution in [0, 0.1) is 0 Å². The van der Waals surface area contributed by atoms with Gasteiger partial charge >= 0.3 is 5.97 Å². The number of anilines is 1. The second-order valence-electron chi connectivity index (χ2n) is 8.24. The Morgan fingerprint density at radius 3 is 2.63 bits per heavy atom. The van der Waals surface area contributed by atoms with Gasteiger partial charge in [0.2, 0.25) is 10.0 Å². The molecule has 35 heavy (non-hydrogen) atoms. The van der Waals surface area contributed by atoms with Crippen LogP contribution in [0.3, 0.4) is 0 Å². The van der Waals surface area contributed by atoms with Crippen molar-refractivity contribution >= 4 is 27.6 Å². The molecule has 2 aromatic carbocycles. The number of benzene rings is 2. The van der Waals surface area contributed by atoms with Gasteiger partial charge in [-0.3, -0.25) is 4.79 Å². The number of sulfonamides is 1. The number of carbonyl (C=O) groups excluding carboxylic acids is 2. The predicted molar refractivity (Wildman–Crippen MR) is 126 cm³/mol. The summed E-state index contributed by atoms with van der Waals surface area (Å²) in [7, 11) is -2.24. The number of nitrogens with one attached hydrogen (secondary N) is 1. The van der Waals surface area contributed by atoms with Gasteiger partial charge in [0.25, 0.3) is 5.91 Å². The molecule has 12 heteroatoms. The van der Waals surface area contributed by atoms with Crippen LogP contribution in [0.5, 0.6) is 0 Å². The van der Waals surface area contributed by atoms with Crippen molar-refractivity contribution < 1.29 is 22.7 Å². The summed E-state index contributed by atoms with van der Waals surface area (Å²) in [6, 6.07) is 12.6. The molecule has 1 aromatic heterocycles. The molecular formula is C23H26N6O5S. The first kappa shape index (κ1) is 24.5. The van der Waals surface area contributed by atoms with Crippen molar-refractivity contribution in [3.63, 3.8) is 0 Å². The molecule has 0 bridgehead atoms. The van der Waals surface area contributed by atoms with Crippen LogP contribution in [0.1, 0.15) is 42.5 Å². The smallest absolute Gasteiger partial charge is 0.338 e. The van der Waals surface area contributed by atoms with Gasteiger partial charge < -0.3 is 10.1 Å². The Bertz CT molecular complexity index is 1290. The van der Waals surface area contributed by atoms with Crippen LogP contribution in [0.15, 0.2) is 59.8 Å². The summed E-state index contributed by atoms with van der Waals surface area (Å²) in [5, 5.41) is 13.4. The zero-order valence-corrected chi connectivity index (χ0v) is 20.0. The summed E-state index contributed by atoms with van der Waals surface area (Å²) in [5.41, 5.74) is 0.898. The van der Waals surface area contributed by atoms with Crippen LogP contribution >= 0.6 is 0 Å². The fraction of sp³-hybridized carbons (Fsp3) is 0.348. The monoisotopic (exact) mass is 498 g/mol. The summed E-state index contributed by atoms with van der Waals surface area (Å²) in [5.74, 6) is -1.37. The van der Waals surface area contributed by atoms with Gasteiger partial charge in [-0.25, -0.2) is 17.9 Å². The first-order valence-corrected chi connectivity index (χ1v) is 12.7. The lowest BCUT2D eigenvalue weighted by Gasteiger charge is -2.30. The molecule has 11 nitrogen and oxygen atoms in total. The van der Waals surface area contributed by atoms with Gasteiger partial charge in [-0.05, 0) is 53.6 Å². The number of esters is 1. The van der Waals surface area contributed by atoms with E-state index in [0.29, 0.717) is 5.69 Å². The molecule has 0 aliphatic heterocycles. The molecule has 1 aliphatic rings. The van der Waals surface area contributed by atoms with Gasteiger partial charge in [0.05, 0.1) is 16.9 Å². The number of hydrogen-bond donors (Lipinski definition) is 1. The third-order valence-electron chi connectivity index (χ3n) is 5.94. The summed E-state index contributed by atoms with van der Waals surface area (Å²) in [6.07, 6.45) is 6.11. The number of para-hydroxylation sites is 1. The topological polar surface area (TPSA) is 136 Å². The maximum absolute atomic E-state index is 13.3. The molecule has 4 rings (SSSR count). The Labute approximate surface area is 203 Å². The Kier molecular flexibility index (Phi) is 7.51. The van der Waals surface area contributed by atoms with Gasteiger partial charge in [-0.15, -0.1) is 5.10 Å². The maximum Gasteiger partial charge on any atom is 0.338 e. The van der Waals surface area contributed by atoms with Crippen molar-refractivity contribution in [1.82, 2.24) is 24.5 Å². The molecule has 1 N–H and O–H groups in total. The predicted octanol–water partition coefficient (Wildman–Crippen LogP) is 2.41. The maximum atomic E-state index is 13.3. The highest BCUT2D eigenvalue weighted by Gasteiger charge is 2.31. The fourth-order valence-electron chi connectivity index (χ4n) is 4.05. The van der Waals surface area contributed by atoms with E-state index < -0.39 is 28.5 Å². The number of ether oxygens (including phenoxy) is 1. The molecule has 0 unspecified atom stereocenters. The molecule has 184 valence electrons. The minimum Gasteiger partial charge on any atom is -0.452 e. The molecule has 0 saturated heterocycles. The number of amides is 1. The number of rotatable bonds is 8. The minimum atomic E-state index is -3.82. The lowest BCUT2D eigenvalue weighted by atomic mass is 9.96. The van der Waals surface area contributed by atoms with Crippen molar-refractivity contribution in [2.75, 3.05) is 19.0 Å². The highest BCUT2D eigenvalue weighted by Crippen LogP contribution is 2.29. The highest BCUT2D eigenvalue weighted by atomic mass is 32.2. The van der Waals surface area contributed by atoms with E-state index in [1.807, 2.05) is 0 Å². The third-order valence-corrected chi connectivity index (χ3v) is 7.91. The van der Waals surface area contributed by atoms with E-state index >= 15 is 0 Å². The van der Waals surface area contributed by atoms with E-state index in [-0.39, 0.29) is 22.2 Å². The zero-order chi connectivity index (χ0) is 24.8. The Morgan fingerprint density at radius 1 is 1.11 bits per heavy atom. The Balaban J connectivity index is 1.41. The summed E-state index contributed by atoms with van der Waals surface area (Å²) in [6.45, 7) is -0.583. The van der Waals surface area contributed by atoms with Crippen molar-refractivity contribution in [2.24, 2.45) is 0 Å². The van der Waals surface area contributed by atoms with Crippen molar-refractivity contribution in [3.05, 3.63) is 60.4 Å². The molecule has 1 amide bonds. The van der Waals surface area contributed by atoms with Gasteiger partial charge in [-0.1, -0.05) is 37.5 Å². The Morgan fingerprint density at radius 2 is 1.89 bits per heavy atom. The van der Waals surface area contributed by atoms with Gasteiger partial charge in [0.1, 0.15) is 11.2 Å². The molecule has 1 saturated carbocycles. The number of nitrogens with zero attached hydrogens (tertiary/aromatic N) is 5. The first-order chi connectivity index (χ1) is 16.9. The Hall–Kier alpha value is -3.64. The molecule has 1 aliphatic carbocycles. The molecule has 1 fully saturated rings. The number of aromatic nitrogens is 4. The summed E-state index contributed by atoms with van der Waals surface area (Å²) < 4.78 is 34.5.